The van der Waals surface area contributed by atoms with Crippen molar-refractivity contribution in [2.45, 2.75) is 26.8 Å². The maximum atomic E-state index is 12.9. The molecule has 1 amide bonds. The predicted molar refractivity (Wildman–Crippen MR) is 62.3 cm³/mol. The van der Waals surface area contributed by atoms with Gasteiger partial charge in [0.2, 0.25) is 5.91 Å². The molecule has 1 N–H and O–H groups in total. The second kappa shape index (κ2) is 6.13. The second-order valence-corrected chi connectivity index (χ2v) is 3.76. The van der Waals surface area contributed by atoms with Crippen LogP contribution in [0.2, 0.25) is 0 Å². The van der Waals surface area contributed by atoms with Crippen molar-refractivity contribution in [2.24, 2.45) is 0 Å². The average Bonchev–Trinajstić information content (AvgIpc) is 2.25. The fraction of sp³-hybridized carbons (Fsp3) is 0.308. The monoisotopic (exact) mass is 239 g/mol. The molecule has 0 atom stereocenters. The Morgan fingerprint density at radius 3 is 2.41 bits per heavy atom. The van der Waals surface area contributed by atoms with Gasteiger partial charge in [-0.15, -0.1) is 0 Å². The zero-order valence-corrected chi connectivity index (χ0v) is 9.89. The highest BCUT2D eigenvalue weighted by atomic mass is 19.1. The van der Waals surface area contributed by atoms with Gasteiger partial charge in [0.05, 0.1) is 0 Å². The molecule has 0 unspecified atom stereocenters. The Morgan fingerprint density at radius 1 is 1.29 bits per heavy atom. The molecule has 0 aromatic heterocycles. The van der Waals surface area contributed by atoms with Crippen molar-refractivity contribution in [3.8, 4) is 0 Å². The summed E-state index contributed by atoms with van der Waals surface area (Å²) in [5.41, 5.74) is 1.00. The maximum absolute atomic E-state index is 12.9. The molecule has 0 radical (unpaired) electrons. The van der Waals surface area contributed by atoms with E-state index in [9.17, 15) is 13.6 Å². The zero-order chi connectivity index (χ0) is 12.8. The number of amides is 1. The molecule has 1 rings (SSSR count). The minimum atomic E-state index is -0.643. The van der Waals surface area contributed by atoms with Crippen LogP contribution in [0, 0.1) is 11.6 Å². The van der Waals surface area contributed by atoms with Crippen molar-refractivity contribution in [3.05, 3.63) is 47.0 Å². The van der Waals surface area contributed by atoms with Crippen LogP contribution in [-0.4, -0.2) is 5.91 Å². The van der Waals surface area contributed by atoms with Crippen molar-refractivity contribution in [3.63, 3.8) is 0 Å². The molecule has 0 bridgehead atoms. The molecule has 0 saturated heterocycles. The molecule has 0 spiro atoms. The fourth-order valence-corrected chi connectivity index (χ4v) is 1.43. The molecule has 0 saturated carbocycles. The standard InChI is InChI=1S/C13H15F2NO/c1-3-4-9(2)13(17)16-8-10-5-11(14)7-12(15)6-10/h4-7H,3,8H2,1-2H3,(H,16,17). The van der Waals surface area contributed by atoms with Gasteiger partial charge in [0.1, 0.15) is 11.6 Å². The number of rotatable bonds is 4. The molecular weight excluding hydrogens is 224 g/mol. The van der Waals surface area contributed by atoms with E-state index >= 15 is 0 Å². The first kappa shape index (κ1) is 13.4. The lowest BCUT2D eigenvalue weighted by atomic mass is 10.2. The predicted octanol–water partition coefficient (Wildman–Crippen LogP) is 2.94. The van der Waals surface area contributed by atoms with Gasteiger partial charge >= 0.3 is 0 Å². The van der Waals surface area contributed by atoms with Gasteiger partial charge in [0.25, 0.3) is 0 Å². The van der Waals surface area contributed by atoms with E-state index in [2.05, 4.69) is 5.32 Å². The van der Waals surface area contributed by atoms with Crippen LogP contribution in [0.25, 0.3) is 0 Å². The topological polar surface area (TPSA) is 29.1 Å². The molecule has 1 aromatic rings. The molecule has 17 heavy (non-hydrogen) atoms. The SMILES string of the molecule is CCC=C(C)C(=O)NCc1cc(F)cc(F)c1. The summed E-state index contributed by atoms with van der Waals surface area (Å²) >= 11 is 0. The van der Waals surface area contributed by atoms with Crippen molar-refractivity contribution >= 4 is 5.91 Å². The molecule has 0 aliphatic rings. The number of allylic oxidation sites excluding steroid dienone is 1. The Hall–Kier alpha value is -1.71. The smallest absolute Gasteiger partial charge is 0.246 e. The second-order valence-electron chi connectivity index (χ2n) is 3.76. The van der Waals surface area contributed by atoms with Gasteiger partial charge in [-0.2, -0.15) is 0 Å². The number of hydrogen-bond acceptors (Lipinski definition) is 1. The number of hydrogen-bond donors (Lipinski definition) is 1. The van der Waals surface area contributed by atoms with Crippen molar-refractivity contribution in [2.75, 3.05) is 0 Å². The maximum Gasteiger partial charge on any atom is 0.246 e. The van der Waals surface area contributed by atoms with Gasteiger partial charge in [-0.1, -0.05) is 13.0 Å². The van der Waals surface area contributed by atoms with E-state index in [0.29, 0.717) is 11.1 Å². The van der Waals surface area contributed by atoms with Crippen LogP contribution in [-0.2, 0) is 11.3 Å². The first-order chi connectivity index (χ1) is 8.02. The lowest BCUT2D eigenvalue weighted by Gasteiger charge is -2.06. The molecule has 1 aromatic carbocycles. The quantitative estimate of drug-likeness (QED) is 0.804. The molecule has 0 aliphatic heterocycles. The summed E-state index contributed by atoms with van der Waals surface area (Å²) in [5.74, 6) is -1.51. The number of benzene rings is 1. The summed E-state index contributed by atoms with van der Waals surface area (Å²) in [6.07, 6.45) is 2.56. The van der Waals surface area contributed by atoms with E-state index in [1.54, 1.807) is 13.0 Å². The van der Waals surface area contributed by atoms with Crippen LogP contribution in [0.4, 0.5) is 8.78 Å². The minimum Gasteiger partial charge on any atom is -0.348 e. The first-order valence-electron chi connectivity index (χ1n) is 5.43. The van der Waals surface area contributed by atoms with Crippen LogP contribution in [0.3, 0.4) is 0 Å². The lowest BCUT2D eigenvalue weighted by molar-refractivity contribution is -0.117. The van der Waals surface area contributed by atoms with Crippen LogP contribution in [0.1, 0.15) is 25.8 Å². The van der Waals surface area contributed by atoms with Gasteiger partial charge in [0, 0.05) is 18.2 Å². The highest BCUT2D eigenvalue weighted by molar-refractivity contribution is 5.92. The third-order valence-electron chi connectivity index (χ3n) is 2.24. The van der Waals surface area contributed by atoms with Crippen LogP contribution in [0.5, 0.6) is 0 Å². The number of nitrogens with one attached hydrogen (secondary N) is 1. The summed E-state index contributed by atoms with van der Waals surface area (Å²) < 4.78 is 25.7. The van der Waals surface area contributed by atoms with Crippen LogP contribution in [0.15, 0.2) is 29.8 Å². The summed E-state index contributed by atoms with van der Waals surface area (Å²) in [6.45, 7) is 3.74. The van der Waals surface area contributed by atoms with Crippen molar-refractivity contribution in [1.82, 2.24) is 5.32 Å². The van der Waals surface area contributed by atoms with E-state index in [4.69, 9.17) is 0 Å². The number of carbonyl (C=O) groups excluding carboxylic acids is 1. The number of halogens is 2. The van der Waals surface area contributed by atoms with Crippen LogP contribution >= 0.6 is 0 Å². The van der Waals surface area contributed by atoms with E-state index < -0.39 is 11.6 Å². The van der Waals surface area contributed by atoms with Gasteiger partial charge in [-0.3, -0.25) is 4.79 Å². The van der Waals surface area contributed by atoms with Crippen LogP contribution < -0.4 is 5.32 Å². The van der Waals surface area contributed by atoms with E-state index in [0.717, 1.165) is 12.5 Å². The average molecular weight is 239 g/mol. The molecular formula is C13H15F2NO. The Labute approximate surface area is 99.3 Å². The highest BCUT2D eigenvalue weighted by Gasteiger charge is 2.05. The van der Waals surface area contributed by atoms with Gasteiger partial charge in [-0.05, 0) is 31.0 Å². The lowest BCUT2D eigenvalue weighted by Crippen LogP contribution is -2.23. The fourth-order valence-electron chi connectivity index (χ4n) is 1.43. The Bertz CT molecular complexity index is 421. The molecule has 0 heterocycles. The zero-order valence-electron chi connectivity index (χ0n) is 9.89. The summed E-state index contributed by atoms with van der Waals surface area (Å²) in [5, 5.41) is 2.60. The Balaban J connectivity index is 2.61. The molecule has 4 heteroatoms. The van der Waals surface area contributed by atoms with Gasteiger partial charge in [0.15, 0.2) is 0 Å². The Kier molecular flexibility index (Phi) is 4.82. The molecule has 0 fully saturated rings. The van der Waals surface area contributed by atoms with Gasteiger partial charge < -0.3 is 5.32 Å². The van der Waals surface area contributed by atoms with Crippen molar-refractivity contribution < 1.29 is 13.6 Å². The summed E-state index contributed by atoms with van der Waals surface area (Å²) in [6, 6.07) is 3.19. The highest BCUT2D eigenvalue weighted by Crippen LogP contribution is 2.07. The first-order valence-corrected chi connectivity index (χ1v) is 5.43. The van der Waals surface area contributed by atoms with Gasteiger partial charge in [-0.25, -0.2) is 8.78 Å². The third-order valence-corrected chi connectivity index (χ3v) is 2.24. The third kappa shape index (κ3) is 4.34. The molecule has 0 aliphatic carbocycles. The summed E-state index contributed by atoms with van der Waals surface area (Å²) in [7, 11) is 0. The van der Waals surface area contributed by atoms with Crippen molar-refractivity contribution in [1.29, 1.82) is 0 Å². The molecule has 2 nitrogen and oxygen atoms in total. The Morgan fingerprint density at radius 2 is 1.88 bits per heavy atom. The minimum absolute atomic E-state index is 0.113. The van der Waals surface area contributed by atoms with E-state index in [1.165, 1.54) is 12.1 Å². The molecule has 92 valence electrons. The van der Waals surface area contributed by atoms with E-state index in [1.807, 2.05) is 6.92 Å². The summed E-state index contributed by atoms with van der Waals surface area (Å²) in [4.78, 5) is 11.5. The van der Waals surface area contributed by atoms with E-state index in [-0.39, 0.29) is 12.5 Å². The largest absolute Gasteiger partial charge is 0.348 e. The normalized spacial score (nSPS) is 11.4. The number of carbonyl (C=O) groups is 1.